The number of hydrogen-bond donors (Lipinski definition) is 1. The van der Waals surface area contributed by atoms with E-state index < -0.39 is 41.2 Å². The predicted molar refractivity (Wildman–Crippen MR) is 155 cm³/mol. The molecule has 0 bridgehead atoms. The fourth-order valence-electron chi connectivity index (χ4n) is 4.86. The quantitative estimate of drug-likeness (QED) is 0.358. The Morgan fingerprint density at radius 2 is 1.44 bits per heavy atom. The number of benzene rings is 3. The third-order valence-electron chi connectivity index (χ3n) is 7.07. The van der Waals surface area contributed by atoms with E-state index in [4.69, 9.17) is 9.47 Å². The van der Waals surface area contributed by atoms with E-state index in [9.17, 15) is 19.2 Å². The van der Waals surface area contributed by atoms with Crippen LogP contribution in [0.3, 0.4) is 0 Å². The molecule has 214 valence electrons. The molecular weight excluding hydrogens is 520 g/mol. The van der Waals surface area contributed by atoms with Gasteiger partial charge in [-0.1, -0.05) is 98.8 Å². The van der Waals surface area contributed by atoms with Crippen molar-refractivity contribution in [2.75, 3.05) is 6.61 Å². The summed E-state index contributed by atoms with van der Waals surface area (Å²) in [6.07, 6.45) is -1.13. The molecule has 8 heteroatoms. The normalized spacial score (nSPS) is 16.1. The molecule has 0 radical (unpaired) electrons. The van der Waals surface area contributed by atoms with E-state index >= 15 is 0 Å². The van der Waals surface area contributed by atoms with Crippen LogP contribution >= 0.6 is 0 Å². The third-order valence-corrected chi connectivity index (χ3v) is 7.07. The lowest BCUT2D eigenvalue weighted by atomic mass is 9.76. The molecule has 1 N–H and O–H groups in total. The largest absolute Gasteiger partial charge is 0.447 e. The third kappa shape index (κ3) is 7.01. The molecule has 1 unspecified atom stereocenters. The molecule has 0 aliphatic carbocycles. The van der Waals surface area contributed by atoms with Crippen molar-refractivity contribution in [1.82, 2.24) is 10.2 Å². The van der Waals surface area contributed by atoms with Crippen molar-refractivity contribution in [3.63, 3.8) is 0 Å². The molecule has 1 aliphatic heterocycles. The molecule has 4 rings (SSSR count). The van der Waals surface area contributed by atoms with Gasteiger partial charge in [-0.15, -0.1) is 0 Å². The van der Waals surface area contributed by atoms with Crippen molar-refractivity contribution >= 4 is 23.9 Å². The number of ketones is 1. The van der Waals surface area contributed by atoms with E-state index in [1.54, 1.807) is 83.1 Å². The zero-order chi connectivity index (χ0) is 29.8. The minimum absolute atomic E-state index is 0.0509. The molecule has 1 fully saturated rings. The SMILES string of the molecule is CC(C)(C)OC(=O)NC(C(=O)N1C(=O)OC[C@@H]1Cc1ccccc1)C(C)(C)c1ccc(C(=O)c2ccccc2)cc1. The number of nitrogens with one attached hydrogen (secondary N) is 1. The van der Waals surface area contributed by atoms with Crippen molar-refractivity contribution in [3.05, 3.63) is 107 Å². The molecule has 3 aromatic carbocycles. The summed E-state index contributed by atoms with van der Waals surface area (Å²) in [5, 5.41) is 2.73. The summed E-state index contributed by atoms with van der Waals surface area (Å²) in [6.45, 7) is 8.83. The number of hydrogen-bond acceptors (Lipinski definition) is 6. The van der Waals surface area contributed by atoms with E-state index in [1.165, 1.54) is 0 Å². The number of ether oxygens (including phenoxy) is 2. The number of imide groups is 1. The summed E-state index contributed by atoms with van der Waals surface area (Å²) in [5.74, 6) is -0.730. The summed E-state index contributed by atoms with van der Waals surface area (Å²) in [6, 6.07) is 23.7. The van der Waals surface area contributed by atoms with Crippen LogP contribution in [0, 0.1) is 0 Å². The van der Waals surface area contributed by atoms with Gasteiger partial charge in [0.2, 0.25) is 0 Å². The van der Waals surface area contributed by atoms with Crippen LogP contribution in [0.1, 0.15) is 61.7 Å². The monoisotopic (exact) mass is 556 g/mol. The molecule has 41 heavy (non-hydrogen) atoms. The van der Waals surface area contributed by atoms with Gasteiger partial charge < -0.3 is 14.8 Å². The van der Waals surface area contributed by atoms with Crippen LogP contribution in [-0.4, -0.2) is 53.1 Å². The standard InChI is InChI=1S/C33H36N2O6/c1-32(2,3)41-30(38)34-28(29(37)35-26(21-40-31(35)39)20-22-12-8-6-9-13-22)33(4,5)25-18-16-24(17-19-25)27(36)23-14-10-7-11-15-23/h6-19,26,28H,20-21H2,1-5H3,(H,34,38)/t26-,28?/m0/s1. The molecule has 0 aromatic heterocycles. The lowest BCUT2D eigenvalue weighted by molar-refractivity contribution is -0.133. The van der Waals surface area contributed by atoms with E-state index in [2.05, 4.69) is 5.32 Å². The molecule has 1 saturated heterocycles. The van der Waals surface area contributed by atoms with Crippen LogP contribution in [0.2, 0.25) is 0 Å². The molecular formula is C33H36N2O6. The Kier molecular flexibility index (Phi) is 8.61. The minimum Gasteiger partial charge on any atom is -0.447 e. The van der Waals surface area contributed by atoms with Gasteiger partial charge in [-0.25, -0.2) is 14.5 Å². The van der Waals surface area contributed by atoms with Crippen LogP contribution in [0.25, 0.3) is 0 Å². The first-order chi connectivity index (χ1) is 19.4. The second-order valence-corrected chi connectivity index (χ2v) is 11.7. The van der Waals surface area contributed by atoms with Crippen molar-refractivity contribution in [2.24, 2.45) is 0 Å². The highest BCUT2D eigenvalue weighted by atomic mass is 16.6. The molecule has 8 nitrogen and oxygen atoms in total. The molecule has 1 aliphatic rings. The number of amides is 3. The van der Waals surface area contributed by atoms with Crippen molar-refractivity contribution in [2.45, 2.75) is 64.1 Å². The minimum atomic E-state index is -1.18. The number of rotatable bonds is 8. The maximum atomic E-state index is 14.1. The van der Waals surface area contributed by atoms with Gasteiger partial charge in [0.25, 0.3) is 5.91 Å². The Bertz CT molecular complexity index is 1400. The molecule has 3 aromatic rings. The highest BCUT2D eigenvalue weighted by Gasteiger charge is 2.47. The molecule has 1 heterocycles. The Morgan fingerprint density at radius 1 is 0.878 bits per heavy atom. The summed E-state index contributed by atoms with van der Waals surface area (Å²) in [7, 11) is 0. The van der Waals surface area contributed by atoms with Gasteiger partial charge >= 0.3 is 12.2 Å². The number of carbonyl (C=O) groups is 4. The Hall–Kier alpha value is -4.46. The van der Waals surface area contributed by atoms with Crippen molar-refractivity contribution < 1.29 is 28.7 Å². The Morgan fingerprint density at radius 3 is 2.02 bits per heavy atom. The average Bonchev–Trinajstić information content (AvgIpc) is 3.30. The number of nitrogens with zero attached hydrogens (tertiary/aromatic N) is 1. The number of alkyl carbamates (subject to hydrolysis) is 1. The van der Waals surface area contributed by atoms with E-state index in [1.807, 2.05) is 36.4 Å². The topological polar surface area (TPSA) is 102 Å². The van der Waals surface area contributed by atoms with Gasteiger partial charge in [-0.3, -0.25) is 9.59 Å². The van der Waals surface area contributed by atoms with Gasteiger partial charge in [-0.2, -0.15) is 0 Å². The van der Waals surface area contributed by atoms with Crippen LogP contribution < -0.4 is 5.32 Å². The van der Waals surface area contributed by atoms with Gasteiger partial charge in [0.1, 0.15) is 18.2 Å². The van der Waals surface area contributed by atoms with Crippen LogP contribution in [0.4, 0.5) is 9.59 Å². The summed E-state index contributed by atoms with van der Waals surface area (Å²) in [4.78, 5) is 54.0. The lowest BCUT2D eigenvalue weighted by Crippen LogP contribution is -2.59. The fourth-order valence-corrected chi connectivity index (χ4v) is 4.86. The van der Waals surface area contributed by atoms with Gasteiger partial charge in [0.15, 0.2) is 5.78 Å². The first kappa shape index (κ1) is 29.5. The number of cyclic esters (lactones) is 1. The highest BCUT2D eigenvalue weighted by molar-refractivity contribution is 6.09. The van der Waals surface area contributed by atoms with Gasteiger partial charge in [0, 0.05) is 16.5 Å². The van der Waals surface area contributed by atoms with E-state index in [-0.39, 0.29) is 12.4 Å². The zero-order valence-corrected chi connectivity index (χ0v) is 24.0. The molecule has 3 amide bonds. The Labute approximate surface area is 240 Å². The average molecular weight is 557 g/mol. The maximum Gasteiger partial charge on any atom is 0.417 e. The van der Waals surface area contributed by atoms with Crippen LogP contribution in [0.15, 0.2) is 84.9 Å². The van der Waals surface area contributed by atoms with Gasteiger partial charge in [-0.05, 0) is 38.3 Å². The maximum absolute atomic E-state index is 14.1. The van der Waals surface area contributed by atoms with Crippen molar-refractivity contribution in [3.8, 4) is 0 Å². The summed E-state index contributed by atoms with van der Waals surface area (Å²) < 4.78 is 10.8. The van der Waals surface area contributed by atoms with Gasteiger partial charge in [0.05, 0.1) is 6.04 Å². The second kappa shape index (κ2) is 12.0. The van der Waals surface area contributed by atoms with E-state index in [0.29, 0.717) is 23.1 Å². The fraction of sp³-hybridized carbons (Fsp3) is 0.333. The van der Waals surface area contributed by atoms with Crippen LogP contribution in [-0.2, 0) is 26.1 Å². The van der Waals surface area contributed by atoms with Crippen molar-refractivity contribution in [1.29, 1.82) is 0 Å². The predicted octanol–water partition coefficient (Wildman–Crippen LogP) is 5.68. The first-order valence-corrected chi connectivity index (χ1v) is 13.6. The Balaban J connectivity index is 1.65. The molecule has 0 saturated carbocycles. The molecule has 0 spiro atoms. The molecule has 2 atom stereocenters. The number of carbonyl (C=O) groups excluding carboxylic acids is 4. The summed E-state index contributed by atoms with van der Waals surface area (Å²) in [5.41, 5.74) is 0.874. The smallest absolute Gasteiger partial charge is 0.417 e. The summed E-state index contributed by atoms with van der Waals surface area (Å²) >= 11 is 0. The highest BCUT2D eigenvalue weighted by Crippen LogP contribution is 2.31. The van der Waals surface area contributed by atoms with E-state index in [0.717, 1.165) is 10.5 Å². The lowest BCUT2D eigenvalue weighted by Gasteiger charge is -2.37. The second-order valence-electron chi connectivity index (χ2n) is 11.7. The van der Waals surface area contributed by atoms with Crippen LogP contribution in [0.5, 0.6) is 0 Å². The zero-order valence-electron chi connectivity index (χ0n) is 24.0. The first-order valence-electron chi connectivity index (χ1n) is 13.6.